The molecule has 0 unspecified atom stereocenters. The number of benzene rings is 1. The predicted molar refractivity (Wildman–Crippen MR) is 254 cm³/mol. The van der Waals surface area contributed by atoms with Gasteiger partial charge in [0, 0.05) is 25.1 Å². The zero-order chi connectivity index (χ0) is 52.7. The fourth-order valence-corrected chi connectivity index (χ4v) is 7.86. The Balaban J connectivity index is 2.33. The number of carbonyl (C=O) groups is 12. The number of aliphatic carboxylic acids is 3. The van der Waals surface area contributed by atoms with Gasteiger partial charge >= 0.3 is 17.9 Å². The quantitative estimate of drug-likeness (QED) is 0.0323. The van der Waals surface area contributed by atoms with Gasteiger partial charge in [-0.15, -0.1) is 0 Å². The standard InChI is InChI=1S/C43H64N10O15S2/c1-4-22(2)35(43(67)68)52-39(63)26(17-23-9-6-5-7-10-23)49-36(60)24(12-13-33(56)57)47-38(62)27(19-34(58)59)50-40(64)29(21-69)51-37(61)25(14-16-70-3)48-41(65)30-11-8-15-53(30)42(66)28(18-31(45)54)46-32(55)20-44/h5-7,9-10,22,24-30,35,69H,4,8,11-21,44H2,1-3H3,(H2,45,54)(H,46,55)(H,47,62)(H,48,65)(H,49,60)(H,50,64)(H,51,61)(H,52,63)(H,56,57)(H,58,59)(H,67,68)/t22-,24-,25-,26-,27-,28-,29-,30-,35-/m0/s1. The highest BCUT2D eigenvalue weighted by molar-refractivity contribution is 7.98. The number of carboxylic acid groups (broad SMARTS) is 3. The average Bonchev–Trinajstić information content (AvgIpc) is 3.81. The van der Waals surface area contributed by atoms with Crippen molar-refractivity contribution in [1.29, 1.82) is 0 Å². The largest absolute Gasteiger partial charge is 0.481 e. The van der Waals surface area contributed by atoms with E-state index in [1.807, 2.05) is 0 Å². The summed E-state index contributed by atoms with van der Waals surface area (Å²) >= 11 is 5.46. The lowest BCUT2D eigenvalue weighted by molar-refractivity contribution is -0.144. The summed E-state index contributed by atoms with van der Waals surface area (Å²) in [5.41, 5.74) is 11.2. The molecule has 0 aliphatic carbocycles. The lowest BCUT2D eigenvalue weighted by Crippen LogP contribution is -2.61. The third-order valence-electron chi connectivity index (χ3n) is 11.1. The van der Waals surface area contributed by atoms with Crippen LogP contribution < -0.4 is 48.7 Å². The van der Waals surface area contributed by atoms with Crippen LogP contribution in [0.5, 0.6) is 0 Å². The van der Waals surface area contributed by atoms with Crippen LogP contribution >= 0.6 is 24.4 Å². The highest BCUT2D eigenvalue weighted by atomic mass is 32.2. The van der Waals surface area contributed by atoms with Crippen molar-refractivity contribution < 1.29 is 72.9 Å². The molecule has 9 amide bonds. The van der Waals surface area contributed by atoms with Crippen molar-refractivity contribution in [3.05, 3.63) is 35.9 Å². The molecule has 0 bridgehead atoms. The van der Waals surface area contributed by atoms with E-state index in [0.29, 0.717) is 24.2 Å². The van der Waals surface area contributed by atoms with Crippen LogP contribution in [0.3, 0.4) is 0 Å². The van der Waals surface area contributed by atoms with Gasteiger partial charge in [-0.1, -0.05) is 50.6 Å². The number of rotatable bonds is 31. The minimum atomic E-state index is -1.95. The lowest BCUT2D eigenvalue weighted by Gasteiger charge is -2.30. The molecule has 1 heterocycles. The van der Waals surface area contributed by atoms with E-state index in [1.165, 1.54) is 11.8 Å². The van der Waals surface area contributed by atoms with E-state index >= 15 is 0 Å². The molecule has 0 spiro atoms. The molecule has 0 radical (unpaired) electrons. The zero-order valence-electron chi connectivity index (χ0n) is 39.0. The lowest BCUT2D eigenvalue weighted by atomic mass is 9.98. The van der Waals surface area contributed by atoms with Crippen LogP contribution in [0, 0.1) is 5.92 Å². The number of primary amides is 1. The Labute approximate surface area is 413 Å². The maximum atomic E-state index is 13.9. The van der Waals surface area contributed by atoms with Crippen LogP contribution in [0.2, 0.25) is 0 Å². The second-order valence-electron chi connectivity index (χ2n) is 16.4. The summed E-state index contributed by atoms with van der Waals surface area (Å²) in [6, 6.07) is -3.71. The fraction of sp³-hybridized carbons (Fsp3) is 0.581. The number of likely N-dealkylation sites (tertiary alicyclic amines) is 1. The molecule has 1 aliphatic rings. The van der Waals surface area contributed by atoms with Gasteiger partial charge in [0.2, 0.25) is 53.2 Å². The summed E-state index contributed by atoms with van der Waals surface area (Å²) in [5.74, 6) is -13.5. The van der Waals surface area contributed by atoms with Crippen molar-refractivity contribution in [2.45, 2.75) is 120 Å². The van der Waals surface area contributed by atoms with E-state index in [-0.39, 0.29) is 25.8 Å². The highest BCUT2D eigenvalue weighted by Gasteiger charge is 2.40. The van der Waals surface area contributed by atoms with Crippen LogP contribution in [0.4, 0.5) is 0 Å². The maximum Gasteiger partial charge on any atom is 0.326 e. The SMILES string of the molecule is CC[C@H](C)[C@H](NC(=O)[C@H](Cc1ccccc1)NC(=O)[C@H](CCC(=O)O)NC(=O)[C@H](CC(=O)O)NC(=O)[C@H](CS)NC(=O)[C@H](CCSC)NC(=O)[C@@H]1CCCN1C(=O)[C@H](CC(N)=O)NC(=O)CN)C(=O)O. The van der Waals surface area contributed by atoms with Crippen LogP contribution in [-0.2, 0) is 64.0 Å². The number of carboxylic acids is 3. The molecular weight excluding hydrogens is 961 g/mol. The first-order valence-electron chi connectivity index (χ1n) is 22.3. The van der Waals surface area contributed by atoms with Crippen molar-refractivity contribution in [2.24, 2.45) is 17.4 Å². The monoisotopic (exact) mass is 1020 g/mol. The molecule has 1 aliphatic heterocycles. The summed E-state index contributed by atoms with van der Waals surface area (Å²) in [5, 5.41) is 45.7. The number of amides is 9. The van der Waals surface area contributed by atoms with Gasteiger partial charge in [-0.2, -0.15) is 24.4 Å². The molecule has 388 valence electrons. The number of hydrogen-bond acceptors (Lipinski definition) is 15. The third-order valence-corrected chi connectivity index (χ3v) is 12.1. The van der Waals surface area contributed by atoms with Gasteiger partial charge in [0.1, 0.15) is 48.3 Å². The van der Waals surface area contributed by atoms with Crippen molar-refractivity contribution in [1.82, 2.24) is 42.1 Å². The Hall–Kier alpha value is -6.48. The maximum absolute atomic E-state index is 13.9. The van der Waals surface area contributed by atoms with Gasteiger partial charge in [0.15, 0.2) is 0 Å². The number of hydrogen-bond donors (Lipinski definition) is 13. The second-order valence-corrected chi connectivity index (χ2v) is 17.7. The first-order chi connectivity index (χ1) is 33.1. The first-order valence-corrected chi connectivity index (χ1v) is 24.3. The predicted octanol–water partition coefficient (Wildman–Crippen LogP) is -3.40. The summed E-state index contributed by atoms with van der Waals surface area (Å²) < 4.78 is 0. The van der Waals surface area contributed by atoms with Gasteiger partial charge in [0.05, 0.1) is 19.4 Å². The number of thiol groups is 1. The normalized spacial score (nSPS) is 16.5. The molecule has 70 heavy (non-hydrogen) atoms. The molecule has 0 saturated carbocycles. The molecule has 27 heteroatoms. The average molecular weight is 1030 g/mol. The van der Waals surface area contributed by atoms with E-state index < -0.39 is 163 Å². The minimum absolute atomic E-state index is 0.00683. The van der Waals surface area contributed by atoms with Gasteiger partial charge in [-0.3, -0.25) is 52.7 Å². The first kappa shape index (κ1) is 59.6. The number of carbonyl (C=O) groups excluding carboxylic acids is 9. The number of nitrogens with one attached hydrogen (secondary N) is 7. The second kappa shape index (κ2) is 30.2. The molecular formula is C43H64N10O15S2. The molecule has 25 nitrogen and oxygen atoms in total. The Kier molecular flexibility index (Phi) is 25.7. The van der Waals surface area contributed by atoms with E-state index in [2.05, 4.69) is 49.8 Å². The number of thioether (sulfide) groups is 1. The van der Waals surface area contributed by atoms with E-state index in [9.17, 15) is 72.9 Å². The van der Waals surface area contributed by atoms with Crippen LogP contribution in [0.25, 0.3) is 0 Å². The van der Waals surface area contributed by atoms with Crippen LogP contribution in [0.15, 0.2) is 30.3 Å². The van der Waals surface area contributed by atoms with E-state index in [4.69, 9.17) is 11.5 Å². The molecule has 1 aromatic rings. The summed E-state index contributed by atoms with van der Waals surface area (Å²) in [6.45, 7) is 2.88. The van der Waals surface area contributed by atoms with Gasteiger partial charge in [-0.25, -0.2) is 4.79 Å². The minimum Gasteiger partial charge on any atom is -0.481 e. The Bertz CT molecular complexity index is 2050. The summed E-state index contributed by atoms with van der Waals surface area (Å²) in [4.78, 5) is 156. The molecule has 2 rings (SSSR count). The van der Waals surface area contributed by atoms with Gasteiger partial charge in [-0.05, 0) is 49.2 Å². The molecule has 1 fully saturated rings. The topological polar surface area (TPSA) is 405 Å². The molecule has 1 aromatic carbocycles. The molecule has 1 saturated heterocycles. The van der Waals surface area contributed by atoms with Crippen LogP contribution in [-0.4, -0.2) is 170 Å². The van der Waals surface area contributed by atoms with Crippen molar-refractivity contribution >= 4 is 95.5 Å². The van der Waals surface area contributed by atoms with Crippen molar-refractivity contribution in [3.63, 3.8) is 0 Å². The number of nitrogens with two attached hydrogens (primary N) is 2. The summed E-state index contributed by atoms with van der Waals surface area (Å²) in [7, 11) is 0. The highest BCUT2D eigenvalue weighted by Crippen LogP contribution is 2.20. The van der Waals surface area contributed by atoms with E-state index in [1.54, 1.807) is 50.4 Å². The summed E-state index contributed by atoms with van der Waals surface area (Å²) in [6.07, 6.45) is -0.540. The Morgan fingerprint density at radius 3 is 1.83 bits per heavy atom. The van der Waals surface area contributed by atoms with Crippen molar-refractivity contribution in [2.75, 3.05) is 30.9 Å². The van der Waals surface area contributed by atoms with Gasteiger partial charge in [0.25, 0.3) is 0 Å². The van der Waals surface area contributed by atoms with Crippen LogP contribution in [0.1, 0.15) is 70.8 Å². The molecule has 14 N–H and O–H groups in total. The van der Waals surface area contributed by atoms with Crippen molar-refractivity contribution in [3.8, 4) is 0 Å². The number of nitrogens with zero attached hydrogens (tertiary/aromatic N) is 1. The molecule has 0 aromatic heterocycles. The Morgan fingerprint density at radius 2 is 1.29 bits per heavy atom. The smallest absolute Gasteiger partial charge is 0.326 e. The Morgan fingerprint density at radius 1 is 0.729 bits per heavy atom. The third kappa shape index (κ3) is 19.9. The van der Waals surface area contributed by atoms with Gasteiger partial charge < -0.3 is 68.9 Å². The fourth-order valence-electron chi connectivity index (χ4n) is 7.13. The molecule has 9 atom stereocenters. The zero-order valence-corrected chi connectivity index (χ0v) is 40.7. The van der Waals surface area contributed by atoms with E-state index in [0.717, 1.165) is 4.90 Å².